The van der Waals surface area contributed by atoms with Crippen LogP contribution in [0.2, 0.25) is 0 Å². The summed E-state index contributed by atoms with van der Waals surface area (Å²) >= 11 is 0. The number of amides is 1. The Morgan fingerprint density at radius 2 is 2.13 bits per heavy atom. The average molecular weight is 323 g/mol. The van der Waals surface area contributed by atoms with Gasteiger partial charge in [0.25, 0.3) is 0 Å². The molecule has 1 atom stereocenters. The molecule has 0 radical (unpaired) electrons. The maximum atomic E-state index is 12.0. The van der Waals surface area contributed by atoms with E-state index < -0.39 is 0 Å². The molecule has 0 spiro atoms. The van der Waals surface area contributed by atoms with Gasteiger partial charge in [0.15, 0.2) is 0 Å². The molecule has 2 rings (SSSR count). The topological polar surface area (TPSA) is 71.4 Å². The van der Waals surface area contributed by atoms with Crippen LogP contribution in [0.25, 0.3) is 0 Å². The lowest BCUT2D eigenvalue weighted by Gasteiger charge is -2.40. The number of rotatable bonds is 8. The van der Waals surface area contributed by atoms with Crippen molar-refractivity contribution in [3.8, 4) is 0 Å². The SMILES string of the molecule is C[C@@H](Cn1cccn1)NCC(=O)NCC(C)(C)N1CCOCC1. The summed E-state index contributed by atoms with van der Waals surface area (Å²) in [7, 11) is 0. The number of morpholine rings is 1. The summed E-state index contributed by atoms with van der Waals surface area (Å²) in [6, 6.07) is 2.08. The van der Waals surface area contributed by atoms with Crippen molar-refractivity contribution in [3.05, 3.63) is 18.5 Å². The summed E-state index contributed by atoms with van der Waals surface area (Å²) in [5.41, 5.74) is -0.0554. The van der Waals surface area contributed by atoms with Gasteiger partial charge in [-0.25, -0.2) is 0 Å². The van der Waals surface area contributed by atoms with E-state index in [1.165, 1.54) is 0 Å². The maximum Gasteiger partial charge on any atom is 0.234 e. The van der Waals surface area contributed by atoms with Gasteiger partial charge in [-0.05, 0) is 26.8 Å². The van der Waals surface area contributed by atoms with Gasteiger partial charge in [-0.2, -0.15) is 5.10 Å². The van der Waals surface area contributed by atoms with Crippen LogP contribution < -0.4 is 10.6 Å². The molecule has 0 aromatic carbocycles. The summed E-state index contributed by atoms with van der Waals surface area (Å²) in [6.07, 6.45) is 3.68. The van der Waals surface area contributed by atoms with Crippen LogP contribution in [-0.4, -0.2) is 71.6 Å². The van der Waals surface area contributed by atoms with Crippen LogP contribution in [0.4, 0.5) is 0 Å². The highest BCUT2D eigenvalue weighted by Gasteiger charge is 2.28. The predicted octanol–water partition coefficient (Wildman–Crippen LogP) is 0.0882. The minimum Gasteiger partial charge on any atom is -0.379 e. The Morgan fingerprint density at radius 3 is 2.78 bits per heavy atom. The number of nitrogens with zero attached hydrogens (tertiary/aromatic N) is 3. The fourth-order valence-corrected chi connectivity index (χ4v) is 2.68. The van der Waals surface area contributed by atoms with Gasteiger partial charge in [-0.3, -0.25) is 14.4 Å². The molecule has 2 heterocycles. The van der Waals surface area contributed by atoms with Gasteiger partial charge in [-0.1, -0.05) is 0 Å². The Balaban J connectivity index is 1.65. The molecule has 0 aliphatic carbocycles. The third-order valence-corrected chi connectivity index (χ3v) is 4.22. The number of nitrogens with one attached hydrogen (secondary N) is 2. The fourth-order valence-electron chi connectivity index (χ4n) is 2.68. The second-order valence-corrected chi connectivity index (χ2v) is 6.70. The first kappa shape index (κ1) is 17.9. The van der Waals surface area contributed by atoms with Crippen molar-refractivity contribution in [2.24, 2.45) is 0 Å². The first-order chi connectivity index (χ1) is 11.0. The third kappa shape index (κ3) is 5.93. The molecule has 130 valence electrons. The van der Waals surface area contributed by atoms with Crippen LogP contribution in [0.15, 0.2) is 18.5 Å². The summed E-state index contributed by atoms with van der Waals surface area (Å²) in [5, 5.41) is 10.4. The number of ether oxygens (including phenoxy) is 1. The third-order valence-electron chi connectivity index (χ3n) is 4.22. The molecule has 0 unspecified atom stereocenters. The normalized spacial score (nSPS) is 17.9. The van der Waals surface area contributed by atoms with Crippen LogP contribution in [0, 0.1) is 0 Å². The van der Waals surface area contributed by atoms with E-state index in [-0.39, 0.29) is 17.5 Å². The summed E-state index contributed by atoms with van der Waals surface area (Å²) in [6.45, 7) is 11.4. The van der Waals surface area contributed by atoms with Crippen molar-refractivity contribution >= 4 is 5.91 Å². The first-order valence-corrected chi connectivity index (χ1v) is 8.28. The predicted molar refractivity (Wildman–Crippen MR) is 89.2 cm³/mol. The molecule has 1 aromatic rings. The van der Waals surface area contributed by atoms with Crippen molar-refractivity contribution in [2.75, 3.05) is 39.4 Å². The van der Waals surface area contributed by atoms with Gasteiger partial charge in [0.05, 0.1) is 26.3 Å². The molecule has 1 aliphatic heterocycles. The van der Waals surface area contributed by atoms with Crippen molar-refractivity contribution < 1.29 is 9.53 Å². The highest BCUT2D eigenvalue weighted by Crippen LogP contribution is 2.14. The first-order valence-electron chi connectivity index (χ1n) is 8.28. The van der Waals surface area contributed by atoms with Gasteiger partial charge in [0.1, 0.15) is 0 Å². The van der Waals surface area contributed by atoms with E-state index in [2.05, 4.69) is 34.5 Å². The smallest absolute Gasteiger partial charge is 0.234 e. The molecule has 1 aliphatic rings. The van der Waals surface area contributed by atoms with Crippen LogP contribution in [-0.2, 0) is 16.1 Å². The Morgan fingerprint density at radius 1 is 1.39 bits per heavy atom. The zero-order chi connectivity index (χ0) is 16.7. The molecular weight excluding hydrogens is 294 g/mol. The molecular formula is C16H29N5O2. The molecule has 0 bridgehead atoms. The molecule has 2 N–H and O–H groups in total. The van der Waals surface area contributed by atoms with E-state index in [4.69, 9.17) is 4.74 Å². The number of hydrogen-bond acceptors (Lipinski definition) is 5. The molecule has 7 heteroatoms. The van der Waals surface area contributed by atoms with Crippen molar-refractivity contribution in [1.82, 2.24) is 25.3 Å². The van der Waals surface area contributed by atoms with E-state index in [0.717, 1.165) is 32.8 Å². The quantitative estimate of drug-likeness (QED) is 0.709. The second kappa shape index (κ2) is 8.42. The Bertz CT molecular complexity index is 469. The number of hydrogen-bond donors (Lipinski definition) is 2. The lowest BCUT2D eigenvalue weighted by molar-refractivity contribution is -0.121. The Hall–Kier alpha value is -1.44. The molecule has 1 aromatic heterocycles. The highest BCUT2D eigenvalue weighted by molar-refractivity contribution is 5.78. The number of aromatic nitrogens is 2. The van der Waals surface area contributed by atoms with E-state index in [1.54, 1.807) is 6.20 Å². The van der Waals surface area contributed by atoms with E-state index in [9.17, 15) is 4.79 Å². The summed E-state index contributed by atoms with van der Waals surface area (Å²) in [5.74, 6) is 0.0265. The molecule has 23 heavy (non-hydrogen) atoms. The number of carbonyl (C=O) groups excluding carboxylic acids is 1. The lowest BCUT2D eigenvalue weighted by atomic mass is 10.0. The molecule has 1 saturated heterocycles. The summed E-state index contributed by atoms with van der Waals surface area (Å²) < 4.78 is 7.24. The highest BCUT2D eigenvalue weighted by atomic mass is 16.5. The van der Waals surface area contributed by atoms with E-state index >= 15 is 0 Å². The van der Waals surface area contributed by atoms with Crippen LogP contribution in [0.3, 0.4) is 0 Å². The monoisotopic (exact) mass is 323 g/mol. The minimum absolute atomic E-state index is 0.0265. The van der Waals surface area contributed by atoms with Gasteiger partial charge in [0, 0.05) is 43.6 Å². The van der Waals surface area contributed by atoms with Gasteiger partial charge in [-0.15, -0.1) is 0 Å². The zero-order valence-corrected chi connectivity index (χ0v) is 14.4. The van der Waals surface area contributed by atoms with Crippen LogP contribution in [0.1, 0.15) is 20.8 Å². The van der Waals surface area contributed by atoms with Gasteiger partial charge in [0.2, 0.25) is 5.91 Å². The average Bonchev–Trinajstić information content (AvgIpc) is 3.05. The van der Waals surface area contributed by atoms with Crippen molar-refractivity contribution in [1.29, 1.82) is 0 Å². The molecule has 1 fully saturated rings. The van der Waals surface area contributed by atoms with Crippen molar-refractivity contribution in [2.45, 2.75) is 38.9 Å². The van der Waals surface area contributed by atoms with E-state index in [0.29, 0.717) is 13.1 Å². The van der Waals surface area contributed by atoms with Crippen LogP contribution >= 0.6 is 0 Å². The minimum atomic E-state index is -0.0554. The standard InChI is InChI=1S/C16H29N5O2/c1-14(12-21-6-4-5-19-21)17-11-15(22)18-13-16(2,3)20-7-9-23-10-8-20/h4-6,14,17H,7-13H2,1-3H3,(H,18,22)/t14-/m0/s1. The lowest BCUT2D eigenvalue weighted by Crippen LogP contribution is -2.56. The largest absolute Gasteiger partial charge is 0.379 e. The van der Waals surface area contributed by atoms with E-state index in [1.807, 2.05) is 23.9 Å². The summed E-state index contributed by atoms with van der Waals surface area (Å²) in [4.78, 5) is 14.4. The Kier molecular flexibility index (Phi) is 6.56. The molecule has 7 nitrogen and oxygen atoms in total. The molecule has 0 saturated carbocycles. The maximum absolute atomic E-state index is 12.0. The van der Waals surface area contributed by atoms with Crippen LogP contribution in [0.5, 0.6) is 0 Å². The zero-order valence-electron chi connectivity index (χ0n) is 14.4. The number of carbonyl (C=O) groups is 1. The van der Waals surface area contributed by atoms with Gasteiger partial charge >= 0.3 is 0 Å². The second-order valence-electron chi connectivity index (χ2n) is 6.70. The molecule has 1 amide bonds. The fraction of sp³-hybridized carbons (Fsp3) is 0.750. The Labute approximate surface area is 138 Å². The van der Waals surface area contributed by atoms with Crippen molar-refractivity contribution in [3.63, 3.8) is 0 Å². The van der Waals surface area contributed by atoms with Gasteiger partial charge < -0.3 is 15.4 Å².